The highest BCUT2D eigenvalue weighted by Gasteiger charge is 2.20. The van der Waals surface area contributed by atoms with E-state index in [2.05, 4.69) is 5.32 Å². The molecule has 0 aliphatic heterocycles. The SMILES string of the molecule is CC(C)(C)OC(=O)N[C@H](/C=[N+](\[O-])Cc1ccccc1)Cc1ccccc1. The van der Waals surface area contributed by atoms with Gasteiger partial charge in [-0.3, -0.25) is 0 Å². The number of nitrogens with one attached hydrogen (secondary N) is 1. The molecule has 0 radical (unpaired) electrons. The zero-order valence-corrected chi connectivity index (χ0v) is 15.5. The van der Waals surface area contributed by atoms with Gasteiger partial charge in [0, 0.05) is 12.0 Å². The Labute approximate surface area is 154 Å². The Hall–Kier alpha value is -2.82. The molecule has 1 amide bonds. The van der Waals surface area contributed by atoms with Crippen LogP contribution in [0.4, 0.5) is 4.79 Å². The number of hydrogen-bond donors (Lipinski definition) is 1. The van der Waals surface area contributed by atoms with Gasteiger partial charge < -0.3 is 15.3 Å². The molecular formula is C21H26N2O3. The summed E-state index contributed by atoms with van der Waals surface area (Å²) in [5.74, 6) is 0. The van der Waals surface area contributed by atoms with Crippen LogP contribution in [0.15, 0.2) is 60.7 Å². The first kappa shape index (κ1) is 19.5. The lowest BCUT2D eigenvalue weighted by atomic mass is 10.1. The zero-order valence-electron chi connectivity index (χ0n) is 15.5. The fraction of sp³-hybridized carbons (Fsp3) is 0.333. The fourth-order valence-electron chi connectivity index (χ4n) is 2.48. The molecular weight excluding hydrogens is 328 g/mol. The average molecular weight is 354 g/mol. The summed E-state index contributed by atoms with van der Waals surface area (Å²) in [5.41, 5.74) is 1.34. The zero-order chi connectivity index (χ0) is 19.0. The highest BCUT2D eigenvalue weighted by atomic mass is 16.6. The maximum atomic E-state index is 12.3. The van der Waals surface area contributed by atoms with E-state index in [-0.39, 0.29) is 6.54 Å². The van der Waals surface area contributed by atoms with Gasteiger partial charge in [-0.25, -0.2) is 9.53 Å². The number of rotatable bonds is 6. The minimum absolute atomic E-state index is 0.224. The van der Waals surface area contributed by atoms with E-state index < -0.39 is 17.7 Å². The highest BCUT2D eigenvalue weighted by Crippen LogP contribution is 2.08. The molecule has 0 bridgehead atoms. The summed E-state index contributed by atoms with van der Waals surface area (Å²) in [6.45, 7) is 5.63. The molecule has 0 saturated carbocycles. The first-order chi connectivity index (χ1) is 12.3. The van der Waals surface area contributed by atoms with Crippen molar-refractivity contribution in [1.29, 1.82) is 0 Å². The van der Waals surface area contributed by atoms with Crippen LogP contribution in [0.3, 0.4) is 0 Å². The molecule has 1 atom stereocenters. The highest BCUT2D eigenvalue weighted by molar-refractivity contribution is 5.74. The Kier molecular flexibility index (Phi) is 6.78. The van der Waals surface area contributed by atoms with Crippen molar-refractivity contribution >= 4 is 12.3 Å². The summed E-state index contributed by atoms with van der Waals surface area (Å²) >= 11 is 0. The number of carbonyl (C=O) groups excluding carboxylic acids is 1. The molecule has 138 valence electrons. The van der Waals surface area contributed by atoms with Crippen molar-refractivity contribution in [1.82, 2.24) is 5.32 Å². The summed E-state index contributed by atoms with van der Waals surface area (Å²) in [7, 11) is 0. The van der Waals surface area contributed by atoms with Crippen molar-refractivity contribution in [3.8, 4) is 0 Å². The van der Waals surface area contributed by atoms with E-state index in [1.54, 1.807) is 20.8 Å². The lowest BCUT2D eigenvalue weighted by Gasteiger charge is -2.22. The molecule has 0 spiro atoms. The van der Waals surface area contributed by atoms with Crippen LogP contribution < -0.4 is 5.32 Å². The smallest absolute Gasteiger partial charge is 0.408 e. The van der Waals surface area contributed by atoms with E-state index in [1.807, 2.05) is 60.7 Å². The van der Waals surface area contributed by atoms with Gasteiger partial charge in [0.15, 0.2) is 12.8 Å². The van der Waals surface area contributed by atoms with Crippen molar-refractivity contribution in [3.05, 3.63) is 77.0 Å². The van der Waals surface area contributed by atoms with Crippen molar-refractivity contribution in [2.75, 3.05) is 0 Å². The summed E-state index contributed by atoms with van der Waals surface area (Å²) in [4.78, 5) is 12.1. The van der Waals surface area contributed by atoms with Crippen molar-refractivity contribution in [2.24, 2.45) is 0 Å². The Morgan fingerprint density at radius 2 is 1.62 bits per heavy atom. The van der Waals surface area contributed by atoms with E-state index >= 15 is 0 Å². The number of benzene rings is 2. The summed E-state index contributed by atoms with van der Waals surface area (Å²) in [6.07, 6.45) is 1.46. The lowest BCUT2D eigenvalue weighted by molar-refractivity contribution is -0.471. The third-order valence-corrected chi connectivity index (χ3v) is 3.53. The van der Waals surface area contributed by atoms with E-state index in [0.29, 0.717) is 6.42 Å². The van der Waals surface area contributed by atoms with Gasteiger partial charge in [0.25, 0.3) is 0 Å². The van der Waals surface area contributed by atoms with Crippen molar-refractivity contribution in [2.45, 2.75) is 45.4 Å². The van der Waals surface area contributed by atoms with Gasteiger partial charge in [0.05, 0.1) is 0 Å². The quantitative estimate of drug-likeness (QED) is 0.370. The van der Waals surface area contributed by atoms with Crippen molar-refractivity contribution < 1.29 is 14.3 Å². The molecule has 0 saturated heterocycles. The molecule has 0 fully saturated rings. The van der Waals surface area contributed by atoms with Crippen LogP contribution in [0.25, 0.3) is 0 Å². The molecule has 0 heterocycles. The van der Waals surface area contributed by atoms with E-state index in [4.69, 9.17) is 4.74 Å². The third-order valence-electron chi connectivity index (χ3n) is 3.53. The number of amides is 1. The van der Waals surface area contributed by atoms with E-state index in [1.165, 1.54) is 6.21 Å². The number of nitrogens with zero attached hydrogens (tertiary/aromatic N) is 1. The average Bonchev–Trinajstić information content (AvgIpc) is 2.54. The molecule has 5 nitrogen and oxygen atoms in total. The van der Waals surface area contributed by atoms with Crippen LogP contribution in [-0.2, 0) is 17.7 Å². The molecule has 5 heteroatoms. The van der Waals surface area contributed by atoms with Gasteiger partial charge in [-0.05, 0) is 26.3 Å². The van der Waals surface area contributed by atoms with E-state index in [0.717, 1.165) is 15.9 Å². The van der Waals surface area contributed by atoms with Gasteiger partial charge >= 0.3 is 6.09 Å². The molecule has 2 rings (SSSR count). The van der Waals surface area contributed by atoms with Gasteiger partial charge in [0.1, 0.15) is 11.6 Å². The molecule has 0 unspecified atom stereocenters. The third kappa shape index (κ3) is 7.38. The van der Waals surface area contributed by atoms with Gasteiger partial charge in [-0.2, -0.15) is 0 Å². The molecule has 0 aliphatic rings. The molecule has 0 aliphatic carbocycles. The van der Waals surface area contributed by atoms with Crippen LogP contribution in [-0.4, -0.2) is 28.7 Å². The van der Waals surface area contributed by atoms with Crippen LogP contribution in [0.1, 0.15) is 31.9 Å². The molecule has 0 aromatic heterocycles. The van der Waals surface area contributed by atoms with Crippen LogP contribution >= 0.6 is 0 Å². The molecule has 2 aromatic carbocycles. The number of carbonyl (C=O) groups is 1. The van der Waals surface area contributed by atoms with Gasteiger partial charge in [0.2, 0.25) is 0 Å². The Bertz CT molecular complexity index is 722. The maximum Gasteiger partial charge on any atom is 0.408 e. The second-order valence-corrected chi connectivity index (χ2v) is 7.15. The van der Waals surface area contributed by atoms with Crippen molar-refractivity contribution in [3.63, 3.8) is 0 Å². The lowest BCUT2D eigenvalue weighted by Crippen LogP contribution is -2.42. The second-order valence-electron chi connectivity index (χ2n) is 7.15. The number of hydroxylamine groups is 1. The Morgan fingerprint density at radius 3 is 2.15 bits per heavy atom. The standard InChI is InChI=1S/C21H26N2O3/c1-21(2,3)26-20(24)22-19(14-17-10-6-4-7-11-17)16-23(25)15-18-12-8-5-9-13-18/h4-13,16,19H,14-15H2,1-3H3,(H,22,24)/b23-16-/t19-/m0/s1. The first-order valence-corrected chi connectivity index (χ1v) is 8.68. The molecule has 26 heavy (non-hydrogen) atoms. The Morgan fingerprint density at radius 1 is 1.08 bits per heavy atom. The van der Waals surface area contributed by atoms with Crippen LogP contribution in [0, 0.1) is 5.21 Å². The fourth-order valence-corrected chi connectivity index (χ4v) is 2.48. The summed E-state index contributed by atoms with van der Waals surface area (Å²) in [6, 6.07) is 18.7. The topological polar surface area (TPSA) is 64.4 Å². The number of hydrogen-bond acceptors (Lipinski definition) is 3. The minimum Gasteiger partial charge on any atom is -0.624 e. The second kappa shape index (κ2) is 9.04. The predicted molar refractivity (Wildman–Crippen MR) is 103 cm³/mol. The maximum absolute atomic E-state index is 12.3. The molecule has 1 N–H and O–H groups in total. The number of ether oxygens (including phenoxy) is 1. The van der Waals surface area contributed by atoms with E-state index in [9.17, 15) is 10.0 Å². The normalized spacial score (nSPS) is 13.1. The predicted octanol–water partition coefficient (Wildman–Crippen LogP) is 3.90. The minimum atomic E-state index is -0.595. The summed E-state index contributed by atoms with van der Waals surface area (Å²) in [5, 5.41) is 15.1. The summed E-state index contributed by atoms with van der Waals surface area (Å²) < 4.78 is 6.16. The Balaban J connectivity index is 2.11. The van der Waals surface area contributed by atoms with Gasteiger partial charge in [-0.15, -0.1) is 0 Å². The van der Waals surface area contributed by atoms with Crippen LogP contribution in [0.5, 0.6) is 0 Å². The largest absolute Gasteiger partial charge is 0.624 e. The monoisotopic (exact) mass is 354 g/mol. The molecule has 2 aromatic rings. The van der Waals surface area contributed by atoms with Crippen LogP contribution in [0.2, 0.25) is 0 Å². The van der Waals surface area contributed by atoms with Gasteiger partial charge in [-0.1, -0.05) is 60.7 Å². The number of alkyl carbamates (subject to hydrolysis) is 1. The first-order valence-electron chi connectivity index (χ1n) is 8.68.